The van der Waals surface area contributed by atoms with Crippen molar-refractivity contribution in [2.45, 2.75) is 18.4 Å². The van der Waals surface area contributed by atoms with Crippen LogP contribution in [0.1, 0.15) is 12.5 Å². The highest BCUT2D eigenvalue weighted by atomic mass is 32.2. The third-order valence-electron chi connectivity index (χ3n) is 3.77. The molecule has 0 saturated heterocycles. The molecule has 2 aromatic carbocycles. The Kier molecular flexibility index (Phi) is 6.11. The van der Waals surface area contributed by atoms with Crippen LogP contribution in [-0.4, -0.2) is 33.7 Å². The van der Waals surface area contributed by atoms with Gasteiger partial charge < -0.3 is 10.2 Å². The van der Waals surface area contributed by atoms with Gasteiger partial charge in [-0.2, -0.15) is 0 Å². The van der Waals surface area contributed by atoms with Crippen LogP contribution in [0.5, 0.6) is 0 Å². The summed E-state index contributed by atoms with van der Waals surface area (Å²) in [5.74, 6) is 0.0364. The van der Waals surface area contributed by atoms with Gasteiger partial charge in [-0.1, -0.05) is 30.3 Å². The number of nitrogens with zero attached hydrogens (tertiary/aromatic N) is 1. The van der Waals surface area contributed by atoms with E-state index < -0.39 is 9.84 Å². The number of rotatable bonds is 7. The van der Waals surface area contributed by atoms with Gasteiger partial charge in [-0.05, 0) is 29.8 Å². The van der Waals surface area contributed by atoms with Gasteiger partial charge in [0.1, 0.15) is 0 Å². The Morgan fingerprint density at radius 1 is 1.04 bits per heavy atom. The molecule has 0 heterocycles. The van der Waals surface area contributed by atoms with Crippen molar-refractivity contribution in [3.63, 3.8) is 0 Å². The quantitative estimate of drug-likeness (QED) is 0.781. The predicted molar refractivity (Wildman–Crippen MR) is 95.7 cm³/mol. The van der Waals surface area contributed by atoms with Crippen LogP contribution in [0.2, 0.25) is 0 Å². The number of benzene rings is 2. The van der Waals surface area contributed by atoms with Crippen molar-refractivity contribution in [1.29, 1.82) is 0 Å². The van der Waals surface area contributed by atoms with Gasteiger partial charge in [-0.25, -0.2) is 8.42 Å². The fourth-order valence-electron chi connectivity index (χ4n) is 2.20. The maximum atomic E-state index is 12.1. The molecular weight excluding hydrogens is 324 g/mol. The summed E-state index contributed by atoms with van der Waals surface area (Å²) in [4.78, 5) is 13.2. The van der Waals surface area contributed by atoms with Gasteiger partial charge in [0, 0.05) is 32.7 Å². The Bertz CT molecular complexity index is 772. The van der Waals surface area contributed by atoms with Gasteiger partial charge >= 0.3 is 0 Å². The molecule has 0 aromatic heterocycles. The molecule has 0 atom stereocenters. The van der Waals surface area contributed by atoms with Gasteiger partial charge in [0.05, 0.1) is 10.6 Å². The van der Waals surface area contributed by atoms with Crippen LogP contribution in [0.15, 0.2) is 59.5 Å². The highest BCUT2D eigenvalue weighted by molar-refractivity contribution is 7.91. The maximum absolute atomic E-state index is 12.1. The van der Waals surface area contributed by atoms with E-state index in [2.05, 4.69) is 5.32 Å². The molecule has 0 saturated carbocycles. The monoisotopic (exact) mass is 346 g/mol. The van der Waals surface area contributed by atoms with E-state index in [-0.39, 0.29) is 11.7 Å². The maximum Gasteiger partial charge on any atom is 0.223 e. The summed E-state index contributed by atoms with van der Waals surface area (Å²) in [5, 5.41) is 3.14. The average molecular weight is 346 g/mol. The third-order valence-corrected chi connectivity index (χ3v) is 5.51. The first-order chi connectivity index (χ1) is 11.4. The Balaban J connectivity index is 1.83. The third kappa shape index (κ3) is 4.91. The molecule has 2 rings (SSSR count). The Hall–Kier alpha value is -2.18. The molecule has 1 N–H and O–H groups in total. The summed E-state index contributed by atoms with van der Waals surface area (Å²) in [6, 6.07) is 16.1. The van der Waals surface area contributed by atoms with Crippen molar-refractivity contribution in [1.82, 2.24) is 5.32 Å². The van der Waals surface area contributed by atoms with E-state index in [1.165, 1.54) is 6.92 Å². The Morgan fingerprint density at radius 3 is 2.25 bits per heavy atom. The molecule has 1 amide bonds. The zero-order valence-electron chi connectivity index (χ0n) is 13.9. The number of anilines is 1. The largest absolute Gasteiger partial charge is 0.316 e. The van der Waals surface area contributed by atoms with E-state index in [0.717, 1.165) is 11.3 Å². The highest BCUT2D eigenvalue weighted by Crippen LogP contribution is 2.14. The van der Waals surface area contributed by atoms with Gasteiger partial charge in [0.15, 0.2) is 9.84 Å². The van der Waals surface area contributed by atoms with Crippen LogP contribution in [-0.2, 0) is 21.2 Å². The number of amides is 1. The Labute approximate surface area is 143 Å². The number of carbonyl (C=O) groups is 1. The topological polar surface area (TPSA) is 66.5 Å². The molecule has 24 heavy (non-hydrogen) atoms. The van der Waals surface area contributed by atoms with Crippen molar-refractivity contribution in [2.24, 2.45) is 0 Å². The predicted octanol–water partition coefficient (Wildman–Crippen LogP) is 2.23. The zero-order chi connectivity index (χ0) is 17.6. The lowest BCUT2D eigenvalue weighted by Gasteiger charge is -2.15. The number of hydrogen-bond acceptors (Lipinski definition) is 4. The second-order valence-corrected chi connectivity index (χ2v) is 7.66. The lowest BCUT2D eigenvalue weighted by molar-refractivity contribution is -0.116. The van der Waals surface area contributed by atoms with E-state index in [4.69, 9.17) is 0 Å². The lowest BCUT2D eigenvalue weighted by Crippen LogP contribution is -2.23. The molecule has 0 radical (unpaired) electrons. The van der Waals surface area contributed by atoms with E-state index in [9.17, 15) is 13.2 Å². The smallest absolute Gasteiger partial charge is 0.223 e. The van der Waals surface area contributed by atoms with Crippen molar-refractivity contribution < 1.29 is 13.2 Å². The molecule has 0 bridgehead atoms. The first-order valence-electron chi connectivity index (χ1n) is 7.72. The summed E-state index contributed by atoms with van der Waals surface area (Å²) in [5.41, 5.74) is 1.87. The van der Waals surface area contributed by atoms with Crippen LogP contribution < -0.4 is 10.2 Å². The minimum Gasteiger partial charge on any atom is -0.316 e. The summed E-state index contributed by atoms with van der Waals surface area (Å²) >= 11 is 0. The molecule has 0 spiro atoms. The molecule has 0 fully saturated rings. The van der Waals surface area contributed by atoms with Crippen molar-refractivity contribution in [3.05, 3.63) is 60.2 Å². The molecule has 0 aliphatic heterocycles. The van der Waals surface area contributed by atoms with E-state index in [0.29, 0.717) is 18.0 Å². The van der Waals surface area contributed by atoms with Gasteiger partial charge in [-0.15, -0.1) is 0 Å². The zero-order valence-corrected chi connectivity index (χ0v) is 14.7. The lowest BCUT2D eigenvalue weighted by atomic mass is 10.2. The molecule has 0 aliphatic carbocycles. The number of hydrogen-bond donors (Lipinski definition) is 1. The highest BCUT2D eigenvalue weighted by Gasteiger charge is 2.12. The van der Waals surface area contributed by atoms with Crippen molar-refractivity contribution in [2.75, 3.05) is 24.2 Å². The fraction of sp³-hybridized carbons (Fsp3) is 0.278. The molecule has 5 nitrogen and oxygen atoms in total. The normalized spacial score (nSPS) is 11.2. The van der Waals surface area contributed by atoms with E-state index >= 15 is 0 Å². The first-order valence-corrected chi connectivity index (χ1v) is 9.37. The number of nitrogens with one attached hydrogen (secondary N) is 1. The van der Waals surface area contributed by atoms with Gasteiger partial charge in [-0.3, -0.25) is 4.79 Å². The van der Waals surface area contributed by atoms with E-state index in [1.807, 2.05) is 24.3 Å². The molecule has 0 unspecified atom stereocenters. The molecule has 2 aromatic rings. The summed E-state index contributed by atoms with van der Waals surface area (Å²) in [6.07, 6.45) is 0. The van der Waals surface area contributed by atoms with Crippen molar-refractivity contribution in [3.8, 4) is 0 Å². The second-order valence-electron chi connectivity index (χ2n) is 5.55. The fourth-order valence-corrected chi connectivity index (χ4v) is 3.42. The van der Waals surface area contributed by atoms with Crippen LogP contribution in [0.25, 0.3) is 0 Å². The minimum absolute atomic E-state index is 0.0213. The molecule has 128 valence electrons. The summed E-state index contributed by atoms with van der Waals surface area (Å²) in [7, 11) is -1.52. The summed E-state index contributed by atoms with van der Waals surface area (Å²) in [6.45, 7) is 2.48. The van der Waals surface area contributed by atoms with Gasteiger partial charge in [0.2, 0.25) is 5.91 Å². The molecule has 0 aliphatic rings. The van der Waals surface area contributed by atoms with Crippen LogP contribution in [0.4, 0.5) is 5.69 Å². The minimum atomic E-state index is -3.25. The molecule has 6 heteroatoms. The van der Waals surface area contributed by atoms with Crippen LogP contribution >= 0.6 is 0 Å². The Morgan fingerprint density at radius 2 is 1.67 bits per heavy atom. The number of carbonyl (C=O) groups excluding carboxylic acids is 1. The van der Waals surface area contributed by atoms with Crippen molar-refractivity contribution >= 4 is 21.4 Å². The average Bonchev–Trinajstić information content (AvgIpc) is 2.59. The van der Waals surface area contributed by atoms with Crippen LogP contribution in [0, 0.1) is 0 Å². The standard InChI is InChI=1S/C18H22N2O3S/c1-15(21)20(2)17-10-8-16(9-11-17)14-19-12-13-24(22,23)18-6-4-3-5-7-18/h3-11,19H,12-14H2,1-2H3. The summed E-state index contributed by atoms with van der Waals surface area (Å²) < 4.78 is 24.3. The van der Waals surface area contributed by atoms with Crippen LogP contribution in [0.3, 0.4) is 0 Å². The van der Waals surface area contributed by atoms with E-state index in [1.54, 1.807) is 42.3 Å². The first kappa shape index (κ1) is 18.2. The van der Waals surface area contributed by atoms with Gasteiger partial charge in [0.25, 0.3) is 0 Å². The number of sulfone groups is 1. The molecular formula is C18H22N2O3S. The SMILES string of the molecule is CC(=O)N(C)c1ccc(CNCCS(=O)(=O)c2ccccc2)cc1. The second kappa shape index (κ2) is 8.08.